The number of ether oxygens (including phenoxy) is 2. The van der Waals surface area contributed by atoms with Crippen LogP contribution in [-0.4, -0.2) is 47.5 Å². The molecule has 250 valence electrons. The van der Waals surface area contributed by atoms with Gasteiger partial charge in [-0.1, -0.05) is 74.9 Å². The fourth-order valence-electron chi connectivity index (χ4n) is 8.61. The number of hydrogen-bond donors (Lipinski definition) is 0. The van der Waals surface area contributed by atoms with Gasteiger partial charge >= 0.3 is 0 Å². The standard InChI is InChI=1S/C38H48N4O4S/c1-24-14-15-28(26(3)30-19-34-38(36(21-30)45-5)41(4)40-39-34)18-31(24)23-42-22-25(2)46-35-20-29(16-17-37(35)47(42,43)44)33-13-9-8-12-32(33)27-10-6-7-11-27/h14-21,25-27,32-33H,6-13,22-23H2,1-5H3. The summed E-state index contributed by atoms with van der Waals surface area (Å²) < 4.78 is 44.0. The third-order valence-corrected chi connectivity index (χ3v) is 13.1. The minimum atomic E-state index is -3.79. The molecule has 1 aromatic heterocycles. The lowest BCUT2D eigenvalue weighted by atomic mass is 9.69. The summed E-state index contributed by atoms with van der Waals surface area (Å²) in [6.45, 7) is 6.76. The third-order valence-electron chi connectivity index (χ3n) is 11.3. The Bertz CT molecular complexity index is 1880. The molecule has 0 N–H and O–H groups in total. The monoisotopic (exact) mass is 656 g/mol. The van der Waals surface area contributed by atoms with E-state index in [0.29, 0.717) is 24.1 Å². The second kappa shape index (κ2) is 12.9. The van der Waals surface area contributed by atoms with Crippen molar-refractivity contribution in [3.63, 3.8) is 0 Å². The Labute approximate surface area is 279 Å². The molecule has 4 atom stereocenters. The Kier molecular flexibility index (Phi) is 8.81. The van der Waals surface area contributed by atoms with Crippen molar-refractivity contribution in [2.75, 3.05) is 13.7 Å². The number of rotatable bonds is 7. The summed E-state index contributed by atoms with van der Waals surface area (Å²) in [5.74, 6) is 3.26. The van der Waals surface area contributed by atoms with Crippen molar-refractivity contribution in [1.29, 1.82) is 0 Å². The maximum atomic E-state index is 14.3. The van der Waals surface area contributed by atoms with Crippen LogP contribution in [0.3, 0.4) is 0 Å². The largest absolute Gasteiger partial charge is 0.494 e. The second-order valence-corrected chi connectivity index (χ2v) is 16.1. The van der Waals surface area contributed by atoms with Crippen molar-refractivity contribution < 1.29 is 17.9 Å². The van der Waals surface area contributed by atoms with E-state index in [2.05, 4.69) is 53.6 Å². The summed E-state index contributed by atoms with van der Waals surface area (Å²) in [6.07, 6.45) is 10.1. The molecule has 0 saturated heterocycles. The van der Waals surface area contributed by atoms with Gasteiger partial charge in [0.2, 0.25) is 10.0 Å². The van der Waals surface area contributed by atoms with Crippen LogP contribution < -0.4 is 9.47 Å². The van der Waals surface area contributed by atoms with E-state index < -0.39 is 10.0 Å². The molecule has 2 fully saturated rings. The molecule has 47 heavy (non-hydrogen) atoms. The molecule has 0 amide bonds. The van der Waals surface area contributed by atoms with Crippen LogP contribution in [0.25, 0.3) is 11.0 Å². The molecule has 0 spiro atoms. The van der Waals surface area contributed by atoms with E-state index in [1.54, 1.807) is 16.1 Å². The zero-order valence-electron chi connectivity index (χ0n) is 28.4. The van der Waals surface area contributed by atoms with Crippen molar-refractivity contribution in [3.8, 4) is 11.5 Å². The first-order valence-corrected chi connectivity index (χ1v) is 18.9. The lowest BCUT2D eigenvalue weighted by Gasteiger charge is -2.36. The first-order chi connectivity index (χ1) is 22.6. The van der Waals surface area contributed by atoms with Crippen LogP contribution in [0.2, 0.25) is 0 Å². The van der Waals surface area contributed by atoms with Crippen LogP contribution in [0.15, 0.2) is 53.4 Å². The highest BCUT2D eigenvalue weighted by Crippen LogP contribution is 2.48. The maximum absolute atomic E-state index is 14.3. The summed E-state index contributed by atoms with van der Waals surface area (Å²) in [5, 5.41) is 8.50. The van der Waals surface area contributed by atoms with Gasteiger partial charge in [-0.15, -0.1) is 5.10 Å². The molecule has 8 nitrogen and oxygen atoms in total. The van der Waals surface area contributed by atoms with Gasteiger partial charge in [0.05, 0.1) is 13.7 Å². The van der Waals surface area contributed by atoms with Gasteiger partial charge in [-0.25, -0.2) is 13.1 Å². The van der Waals surface area contributed by atoms with Crippen molar-refractivity contribution in [1.82, 2.24) is 19.3 Å². The molecule has 3 aromatic carbocycles. The second-order valence-electron chi connectivity index (χ2n) is 14.2. The van der Waals surface area contributed by atoms with E-state index >= 15 is 0 Å². The van der Waals surface area contributed by atoms with Gasteiger partial charge in [-0.05, 0) is 96.5 Å². The fourth-order valence-corrected chi connectivity index (χ4v) is 10.2. The SMILES string of the molecule is COc1cc(C(C)c2ccc(C)c(CN3CC(C)Oc4cc(C5CCCCC5C5CCCC5)ccc4S3(=O)=O)c2)cc2nnn(C)c12. The maximum Gasteiger partial charge on any atom is 0.247 e. The third kappa shape index (κ3) is 6.06. The Balaban J connectivity index is 1.17. The molecule has 7 rings (SSSR count). The summed E-state index contributed by atoms with van der Waals surface area (Å²) in [5.41, 5.74) is 7.10. The average molecular weight is 657 g/mol. The topological polar surface area (TPSA) is 86.6 Å². The van der Waals surface area contributed by atoms with Crippen LogP contribution in [-0.2, 0) is 23.6 Å². The molecule has 1 aliphatic heterocycles. The minimum absolute atomic E-state index is 0.0321. The van der Waals surface area contributed by atoms with Crippen LogP contribution in [0.5, 0.6) is 11.5 Å². The Morgan fingerprint density at radius 3 is 2.53 bits per heavy atom. The van der Waals surface area contributed by atoms with Crippen LogP contribution in [0.1, 0.15) is 105 Å². The Hall–Kier alpha value is -3.43. The number of benzene rings is 3. The zero-order valence-corrected chi connectivity index (χ0v) is 29.2. The quantitative estimate of drug-likeness (QED) is 0.201. The van der Waals surface area contributed by atoms with Crippen molar-refractivity contribution in [2.24, 2.45) is 18.9 Å². The van der Waals surface area contributed by atoms with Crippen LogP contribution in [0, 0.1) is 18.8 Å². The minimum Gasteiger partial charge on any atom is -0.494 e. The number of aryl methyl sites for hydroxylation is 2. The average Bonchev–Trinajstić information content (AvgIpc) is 3.73. The van der Waals surface area contributed by atoms with E-state index in [9.17, 15) is 8.42 Å². The number of aromatic nitrogens is 3. The number of sulfonamides is 1. The van der Waals surface area contributed by atoms with Crippen molar-refractivity contribution >= 4 is 21.1 Å². The lowest BCUT2D eigenvalue weighted by molar-refractivity contribution is 0.188. The fraction of sp³-hybridized carbons (Fsp3) is 0.526. The number of hydrogen-bond acceptors (Lipinski definition) is 6. The summed E-state index contributed by atoms with van der Waals surface area (Å²) >= 11 is 0. The molecule has 2 heterocycles. The molecule has 0 radical (unpaired) electrons. The molecule has 2 saturated carbocycles. The Morgan fingerprint density at radius 1 is 0.979 bits per heavy atom. The highest BCUT2D eigenvalue weighted by atomic mass is 32.2. The van der Waals surface area contributed by atoms with E-state index in [1.807, 2.05) is 33.0 Å². The van der Waals surface area contributed by atoms with Crippen molar-refractivity contribution in [3.05, 3.63) is 76.3 Å². The predicted octanol–water partition coefficient (Wildman–Crippen LogP) is 7.87. The smallest absolute Gasteiger partial charge is 0.247 e. The highest BCUT2D eigenvalue weighted by Gasteiger charge is 2.37. The van der Waals surface area contributed by atoms with Gasteiger partial charge in [-0.3, -0.25) is 0 Å². The van der Waals surface area contributed by atoms with Crippen LogP contribution in [0.4, 0.5) is 0 Å². The lowest BCUT2D eigenvalue weighted by Crippen LogP contribution is -2.35. The van der Waals surface area contributed by atoms with E-state index in [-0.39, 0.29) is 23.5 Å². The summed E-state index contributed by atoms with van der Waals surface area (Å²) in [6, 6.07) is 16.4. The van der Waals surface area contributed by atoms with Gasteiger partial charge in [0, 0.05) is 19.5 Å². The normalized spacial score (nSPS) is 24.1. The number of fused-ring (bicyclic) bond motifs is 2. The highest BCUT2D eigenvalue weighted by molar-refractivity contribution is 7.89. The summed E-state index contributed by atoms with van der Waals surface area (Å²) in [7, 11) is -0.267. The van der Waals surface area contributed by atoms with Gasteiger partial charge in [0.15, 0.2) is 0 Å². The zero-order chi connectivity index (χ0) is 32.9. The van der Waals surface area contributed by atoms with Crippen molar-refractivity contribution in [2.45, 2.75) is 102 Å². The first-order valence-electron chi connectivity index (χ1n) is 17.4. The molecule has 9 heteroatoms. The van der Waals surface area contributed by atoms with Gasteiger partial charge in [0.1, 0.15) is 33.5 Å². The molecule has 2 aliphatic carbocycles. The van der Waals surface area contributed by atoms with Gasteiger partial charge in [-0.2, -0.15) is 4.31 Å². The molecule has 4 unspecified atom stereocenters. The first kappa shape index (κ1) is 32.1. The summed E-state index contributed by atoms with van der Waals surface area (Å²) in [4.78, 5) is 0.283. The molecule has 3 aliphatic rings. The molecular formula is C38H48N4O4S. The van der Waals surface area contributed by atoms with E-state index in [4.69, 9.17) is 9.47 Å². The van der Waals surface area contributed by atoms with E-state index in [0.717, 1.165) is 45.0 Å². The van der Waals surface area contributed by atoms with E-state index in [1.165, 1.54) is 56.9 Å². The molecular weight excluding hydrogens is 609 g/mol. The molecule has 4 aromatic rings. The number of nitrogens with zero attached hydrogens (tertiary/aromatic N) is 4. The van der Waals surface area contributed by atoms with Crippen LogP contribution >= 0.6 is 0 Å². The number of methoxy groups -OCH3 is 1. The van der Waals surface area contributed by atoms with Gasteiger partial charge in [0.25, 0.3) is 0 Å². The Morgan fingerprint density at radius 2 is 1.74 bits per heavy atom. The van der Waals surface area contributed by atoms with Gasteiger partial charge < -0.3 is 9.47 Å². The predicted molar refractivity (Wildman–Crippen MR) is 185 cm³/mol. The molecule has 0 bridgehead atoms.